The number of imidazole rings is 1. The number of carbonyl (C=O) groups excluding carboxylic acids is 1. The smallest absolute Gasteiger partial charge is 0.439 e. The third-order valence-corrected chi connectivity index (χ3v) is 4.99. The molecule has 164 valence electrons. The minimum atomic E-state index is -0.641. The van der Waals surface area contributed by atoms with Crippen molar-refractivity contribution in [3.8, 4) is 17.1 Å². The highest BCUT2D eigenvalue weighted by Crippen LogP contribution is 2.20. The number of anilines is 1. The number of benzene rings is 2. The maximum atomic E-state index is 12.6. The van der Waals surface area contributed by atoms with E-state index < -0.39 is 5.76 Å². The van der Waals surface area contributed by atoms with E-state index in [-0.39, 0.29) is 5.91 Å². The minimum Gasteiger partial charge on any atom is -0.487 e. The van der Waals surface area contributed by atoms with Gasteiger partial charge in [-0.15, -0.1) is 0 Å². The highest BCUT2D eigenvalue weighted by molar-refractivity contribution is 6.04. The van der Waals surface area contributed by atoms with Crippen LogP contribution in [0.2, 0.25) is 0 Å². The number of pyridine rings is 1. The zero-order valence-electron chi connectivity index (χ0n) is 17.6. The molecule has 3 aromatic heterocycles. The predicted octanol–water partition coefficient (Wildman–Crippen LogP) is 3.82. The van der Waals surface area contributed by atoms with Gasteiger partial charge in [0.05, 0.1) is 5.69 Å². The molecule has 0 spiro atoms. The Hall–Kier alpha value is -4.66. The molecule has 5 aromatic rings. The molecule has 0 aliphatic carbocycles. The predicted molar refractivity (Wildman–Crippen MR) is 121 cm³/mol. The molecule has 3 heterocycles. The van der Waals surface area contributed by atoms with E-state index in [2.05, 4.69) is 25.0 Å². The number of fused-ring (bicyclic) bond motifs is 1. The van der Waals surface area contributed by atoms with E-state index in [0.717, 1.165) is 16.9 Å². The van der Waals surface area contributed by atoms with Crippen LogP contribution in [0.4, 0.5) is 5.69 Å². The van der Waals surface area contributed by atoms with Crippen molar-refractivity contribution in [2.45, 2.75) is 13.5 Å². The van der Waals surface area contributed by atoms with Gasteiger partial charge in [-0.3, -0.25) is 14.3 Å². The third-order valence-electron chi connectivity index (χ3n) is 4.99. The number of nitrogens with one attached hydrogen (secondary N) is 2. The molecule has 0 saturated carbocycles. The molecule has 0 atom stereocenters. The van der Waals surface area contributed by atoms with Gasteiger partial charge in [-0.2, -0.15) is 0 Å². The first-order chi connectivity index (χ1) is 16.0. The van der Waals surface area contributed by atoms with Gasteiger partial charge in [-0.1, -0.05) is 23.4 Å². The van der Waals surface area contributed by atoms with E-state index in [1.54, 1.807) is 48.5 Å². The Kier molecular flexibility index (Phi) is 5.19. The van der Waals surface area contributed by atoms with Crippen LogP contribution in [0.1, 0.15) is 21.6 Å². The molecular weight excluding hydrogens is 422 g/mol. The van der Waals surface area contributed by atoms with Gasteiger partial charge in [0, 0.05) is 29.2 Å². The fourth-order valence-corrected chi connectivity index (χ4v) is 3.39. The summed E-state index contributed by atoms with van der Waals surface area (Å²) in [5.74, 6) is 0.0104. The van der Waals surface area contributed by atoms with Crippen LogP contribution in [-0.2, 0) is 6.61 Å². The van der Waals surface area contributed by atoms with Gasteiger partial charge in [0.25, 0.3) is 5.91 Å². The van der Waals surface area contributed by atoms with Crippen molar-refractivity contribution in [1.82, 2.24) is 19.5 Å². The van der Waals surface area contributed by atoms with Crippen LogP contribution in [0.5, 0.6) is 5.75 Å². The van der Waals surface area contributed by atoms with Gasteiger partial charge in [-0.25, -0.2) is 9.78 Å². The van der Waals surface area contributed by atoms with Crippen LogP contribution in [0.25, 0.3) is 17.0 Å². The SMILES string of the molecule is Cc1ccc2nc(COc3ccc(C(=O)Nc4cccc(-c5noc(=O)[nH]5)c4)cc3)cn2c1. The standard InChI is InChI=1S/C24H19N5O4/c1-15-5-10-21-25-19(13-29(21)12-15)14-32-20-8-6-16(7-9-20)23(30)26-18-4-2-3-17(11-18)22-27-24(31)33-28-22/h2-13H,14H2,1H3,(H,26,30)(H,27,28,31). The molecule has 0 bridgehead atoms. The monoisotopic (exact) mass is 441 g/mol. The minimum absolute atomic E-state index is 0.275. The molecule has 0 radical (unpaired) electrons. The maximum Gasteiger partial charge on any atom is 0.439 e. The number of H-pyrrole nitrogens is 1. The normalized spacial score (nSPS) is 10.9. The third kappa shape index (κ3) is 4.52. The van der Waals surface area contributed by atoms with Crippen molar-refractivity contribution in [2.75, 3.05) is 5.32 Å². The van der Waals surface area contributed by atoms with Crippen molar-refractivity contribution in [2.24, 2.45) is 0 Å². The Balaban J connectivity index is 1.22. The number of ether oxygens (including phenoxy) is 1. The van der Waals surface area contributed by atoms with Crippen molar-refractivity contribution < 1.29 is 14.1 Å². The first-order valence-corrected chi connectivity index (χ1v) is 10.2. The van der Waals surface area contributed by atoms with Gasteiger partial charge in [-0.05, 0) is 55.0 Å². The van der Waals surface area contributed by atoms with E-state index in [0.29, 0.717) is 35.0 Å². The summed E-state index contributed by atoms with van der Waals surface area (Å²) in [6, 6.07) is 17.8. The molecule has 0 aliphatic heterocycles. The first-order valence-electron chi connectivity index (χ1n) is 10.2. The number of aromatic nitrogens is 4. The van der Waals surface area contributed by atoms with Gasteiger partial charge in [0.15, 0.2) is 5.82 Å². The Morgan fingerprint density at radius 1 is 1.12 bits per heavy atom. The van der Waals surface area contributed by atoms with E-state index in [1.807, 2.05) is 35.9 Å². The van der Waals surface area contributed by atoms with E-state index in [9.17, 15) is 9.59 Å². The van der Waals surface area contributed by atoms with E-state index >= 15 is 0 Å². The maximum absolute atomic E-state index is 12.6. The zero-order valence-corrected chi connectivity index (χ0v) is 17.6. The number of aromatic amines is 1. The number of rotatable bonds is 6. The summed E-state index contributed by atoms with van der Waals surface area (Å²) < 4.78 is 12.3. The van der Waals surface area contributed by atoms with Gasteiger partial charge < -0.3 is 14.5 Å². The number of amides is 1. The van der Waals surface area contributed by atoms with Crippen LogP contribution >= 0.6 is 0 Å². The molecule has 2 N–H and O–H groups in total. The van der Waals surface area contributed by atoms with Gasteiger partial charge in [0.2, 0.25) is 0 Å². The van der Waals surface area contributed by atoms with Crippen molar-refractivity contribution >= 4 is 17.2 Å². The second kappa shape index (κ2) is 8.46. The van der Waals surface area contributed by atoms with Crippen molar-refractivity contribution in [3.05, 3.63) is 100 Å². The van der Waals surface area contributed by atoms with Crippen LogP contribution in [0, 0.1) is 6.92 Å². The summed E-state index contributed by atoms with van der Waals surface area (Å²) in [5, 5.41) is 6.48. The molecule has 0 unspecified atom stereocenters. The Morgan fingerprint density at radius 3 is 2.76 bits per heavy atom. The van der Waals surface area contributed by atoms with Crippen LogP contribution in [-0.4, -0.2) is 25.4 Å². The second-order valence-electron chi connectivity index (χ2n) is 7.50. The van der Waals surface area contributed by atoms with Crippen LogP contribution in [0.3, 0.4) is 0 Å². The Morgan fingerprint density at radius 2 is 1.97 bits per heavy atom. The molecule has 5 rings (SSSR count). The summed E-state index contributed by atoms with van der Waals surface area (Å²) in [6.45, 7) is 2.35. The number of hydrogen-bond donors (Lipinski definition) is 2. The highest BCUT2D eigenvalue weighted by Gasteiger charge is 2.10. The lowest BCUT2D eigenvalue weighted by molar-refractivity contribution is 0.102. The summed E-state index contributed by atoms with van der Waals surface area (Å²) in [4.78, 5) is 30.8. The second-order valence-corrected chi connectivity index (χ2v) is 7.50. The number of carbonyl (C=O) groups is 1. The highest BCUT2D eigenvalue weighted by atomic mass is 16.5. The average Bonchev–Trinajstić information content (AvgIpc) is 3.43. The quantitative estimate of drug-likeness (QED) is 0.414. The molecule has 0 saturated heterocycles. The molecule has 0 fully saturated rings. The average molecular weight is 441 g/mol. The molecule has 9 nitrogen and oxygen atoms in total. The summed E-state index contributed by atoms with van der Waals surface area (Å²) in [7, 11) is 0. The van der Waals surface area contributed by atoms with E-state index in [4.69, 9.17) is 4.74 Å². The molecule has 2 aromatic carbocycles. The van der Waals surface area contributed by atoms with Crippen molar-refractivity contribution in [3.63, 3.8) is 0 Å². The van der Waals surface area contributed by atoms with Crippen LogP contribution < -0.4 is 15.8 Å². The lowest BCUT2D eigenvalue weighted by Gasteiger charge is -2.08. The number of hydrogen-bond acceptors (Lipinski definition) is 6. The topological polar surface area (TPSA) is 115 Å². The van der Waals surface area contributed by atoms with Gasteiger partial charge >= 0.3 is 5.76 Å². The fraction of sp³-hybridized carbons (Fsp3) is 0.0833. The number of aryl methyl sites for hydroxylation is 1. The summed E-state index contributed by atoms with van der Waals surface area (Å²) in [6.07, 6.45) is 3.95. The molecule has 1 amide bonds. The Bertz CT molecular complexity index is 1500. The van der Waals surface area contributed by atoms with Crippen LogP contribution in [0.15, 0.2) is 82.4 Å². The van der Waals surface area contributed by atoms with E-state index in [1.165, 1.54) is 0 Å². The molecular formula is C24H19N5O4. The zero-order chi connectivity index (χ0) is 22.8. The Labute approximate surface area is 187 Å². The van der Waals surface area contributed by atoms with Crippen molar-refractivity contribution in [1.29, 1.82) is 0 Å². The fourth-order valence-electron chi connectivity index (χ4n) is 3.39. The lowest BCUT2D eigenvalue weighted by Crippen LogP contribution is -2.11. The largest absolute Gasteiger partial charge is 0.487 e. The summed E-state index contributed by atoms with van der Waals surface area (Å²) in [5.41, 5.74) is 4.49. The molecule has 0 aliphatic rings. The molecule has 9 heteroatoms. The summed E-state index contributed by atoms with van der Waals surface area (Å²) >= 11 is 0. The first kappa shape index (κ1) is 20.3. The number of nitrogens with zero attached hydrogens (tertiary/aromatic N) is 3. The molecule has 33 heavy (non-hydrogen) atoms. The lowest BCUT2D eigenvalue weighted by atomic mass is 10.1. The van der Waals surface area contributed by atoms with Gasteiger partial charge in [0.1, 0.15) is 18.0 Å².